The van der Waals surface area contributed by atoms with Gasteiger partial charge in [0.15, 0.2) is 0 Å². The van der Waals surface area contributed by atoms with Crippen molar-refractivity contribution in [3.05, 3.63) is 78.5 Å². The van der Waals surface area contributed by atoms with Gasteiger partial charge in [-0.3, -0.25) is 4.98 Å². The zero-order chi connectivity index (χ0) is 16.5. The second-order valence-electron chi connectivity index (χ2n) is 6.44. The lowest BCUT2D eigenvalue weighted by atomic mass is 9.93. The summed E-state index contributed by atoms with van der Waals surface area (Å²) >= 11 is 0. The highest BCUT2D eigenvalue weighted by molar-refractivity contribution is 6.05. The average Bonchev–Trinajstić information content (AvgIpc) is 2.61. The maximum absolute atomic E-state index is 4.78. The van der Waals surface area contributed by atoms with Gasteiger partial charge >= 0.3 is 0 Å². The molecule has 0 fully saturated rings. The van der Waals surface area contributed by atoms with Crippen LogP contribution in [0.1, 0.15) is 5.56 Å². The maximum atomic E-state index is 4.78. The van der Waals surface area contributed by atoms with E-state index in [9.17, 15) is 0 Å². The molecule has 0 saturated heterocycles. The molecule has 0 radical (unpaired) electrons. The van der Waals surface area contributed by atoms with E-state index < -0.39 is 0 Å². The van der Waals surface area contributed by atoms with Crippen molar-refractivity contribution in [2.75, 3.05) is 14.1 Å². The number of nitrogens with zero attached hydrogens (tertiary/aromatic N) is 2. The molecule has 4 aromatic rings. The van der Waals surface area contributed by atoms with Gasteiger partial charge < -0.3 is 4.90 Å². The highest BCUT2D eigenvalue weighted by Gasteiger charge is 2.14. The fourth-order valence-electron chi connectivity index (χ4n) is 3.39. The number of benzene rings is 3. The van der Waals surface area contributed by atoms with Crippen LogP contribution in [0.5, 0.6) is 0 Å². The second kappa shape index (κ2) is 6.06. The maximum Gasteiger partial charge on any atom is 0.0789 e. The van der Waals surface area contributed by atoms with Crippen LogP contribution in [0.25, 0.3) is 32.8 Å². The average molecular weight is 312 g/mol. The molecule has 2 heteroatoms. The van der Waals surface area contributed by atoms with Gasteiger partial charge in [-0.1, -0.05) is 60.7 Å². The molecule has 4 rings (SSSR count). The lowest BCUT2D eigenvalue weighted by Crippen LogP contribution is -2.11. The first-order valence-electron chi connectivity index (χ1n) is 8.23. The minimum Gasteiger partial charge on any atom is -0.305 e. The first-order valence-corrected chi connectivity index (χ1v) is 8.23. The van der Waals surface area contributed by atoms with Crippen molar-refractivity contribution < 1.29 is 0 Å². The normalized spacial score (nSPS) is 11.5. The van der Waals surface area contributed by atoms with E-state index in [1.54, 1.807) is 0 Å². The van der Waals surface area contributed by atoms with Crippen molar-refractivity contribution in [2.24, 2.45) is 0 Å². The molecule has 0 atom stereocenters. The Morgan fingerprint density at radius 2 is 1.42 bits per heavy atom. The summed E-state index contributed by atoms with van der Waals surface area (Å²) in [5.74, 6) is 0. The van der Waals surface area contributed by atoms with Gasteiger partial charge in [0.1, 0.15) is 0 Å². The Hall–Kier alpha value is -2.71. The van der Waals surface area contributed by atoms with Crippen LogP contribution in [-0.4, -0.2) is 24.0 Å². The van der Waals surface area contributed by atoms with Crippen molar-refractivity contribution >= 4 is 21.5 Å². The first-order chi connectivity index (χ1) is 11.7. The number of rotatable bonds is 3. The number of hydrogen-bond acceptors (Lipinski definition) is 2. The van der Waals surface area contributed by atoms with Gasteiger partial charge in [0, 0.05) is 23.7 Å². The molecule has 0 unspecified atom stereocenters. The summed E-state index contributed by atoms with van der Waals surface area (Å²) in [7, 11) is 4.21. The van der Waals surface area contributed by atoms with E-state index in [0.29, 0.717) is 0 Å². The van der Waals surface area contributed by atoms with Crippen molar-refractivity contribution in [3.63, 3.8) is 0 Å². The minimum atomic E-state index is 0.894. The summed E-state index contributed by atoms with van der Waals surface area (Å²) < 4.78 is 0. The van der Waals surface area contributed by atoms with E-state index in [4.69, 9.17) is 4.98 Å². The van der Waals surface area contributed by atoms with Gasteiger partial charge in [-0.05, 0) is 41.9 Å². The molecule has 0 N–H and O–H groups in total. The largest absolute Gasteiger partial charge is 0.305 e. The molecule has 24 heavy (non-hydrogen) atoms. The zero-order valence-electron chi connectivity index (χ0n) is 14.0. The van der Waals surface area contributed by atoms with Crippen molar-refractivity contribution in [1.82, 2.24) is 9.88 Å². The highest BCUT2D eigenvalue weighted by Crippen LogP contribution is 2.35. The van der Waals surface area contributed by atoms with Gasteiger partial charge in [0.05, 0.1) is 5.69 Å². The first kappa shape index (κ1) is 14.9. The Balaban J connectivity index is 2.10. The number of fused-ring (bicyclic) bond motifs is 2. The Morgan fingerprint density at radius 1 is 0.750 bits per heavy atom. The molecule has 1 aromatic heterocycles. The number of hydrogen-bond donors (Lipinski definition) is 0. The van der Waals surface area contributed by atoms with E-state index >= 15 is 0 Å². The minimum absolute atomic E-state index is 0.894. The van der Waals surface area contributed by atoms with Gasteiger partial charge in [0.2, 0.25) is 0 Å². The lowest BCUT2D eigenvalue weighted by molar-refractivity contribution is 0.403. The SMILES string of the molecule is CN(C)Cc1ccc2ccccc2c1-c1nccc2ccccc12. The van der Waals surface area contributed by atoms with E-state index in [-0.39, 0.29) is 0 Å². The summed E-state index contributed by atoms with van der Waals surface area (Å²) in [5, 5.41) is 4.95. The third kappa shape index (κ3) is 2.55. The number of aromatic nitrogens is 1. The van der Waals surface area contributed by atoms with Gasteiger partial charge in [-0.25, -0.2) is 0 Å². The molecule has 0 spiro atoms. The summed E-state index contributed by atoms with van der Waals surface area (Å²) in [6.07, 6.45) is 1.92. The van der Waals surface area contributed by atoms with Crippen LogP contribution in [0.2, 0.25) is 0 Å². The van der Waals surface area contributed by atoms with Crippen LogP contribution >= 0.6 is 0 Å². The molecule has 0 aliphatic carbocycles. The Morgan fingerprint density at radius 3 is 2.17 bits per heavy atom. The van der Waals surface area contributed by atoms with Gasteiger partial charge in [-0.2, -0.15) is 0 Å². The van der Waals surface area contributed by atoms with Gasteiger partial charge in [-0.15, -0.1) is 0 Å². The predicted molar refractivity (Wildman–Crippen MR) is 102 cm³/mol. The zero-order valence-corrected chi connectivity index (χ0v) is 14.0. The molecular formula is C22H20N2. The Labute approximate surface area is 142 Å². The van der Waals surface area contributed by atoms with Crippen LogP contribution in [0.4, 0.5) is 0 Å². The lowest BCUT2D eigenvalue weighted by Gasteiger charge is -2.17. The third-order valence-corrected chi connectivity index (χ3v) is 4.41. The standard InChI is InChI=1S/C22H20N2/c1-24(2)15-18-12-11-16-7-3-5-9-19(16)21(18)22-20-10-6-4-8-17(20)13-14-23-22/h3-14H,15H2,1-2H3. The van der Waals surface area contributed by atoms with E-state index in [1.807, 2.05) is 6.20 Å². The summed E-state index contributed by atoms with van der Waals surface area (Å²) in [5.41, 5.74) is 3.63. The fourth-order valence-corrected chi connectivity index (χ4v) is 3.39. The quantitative estimate of drug-likeness (QED) is 0.522. The summed E-state index contributed by atoms with van der Waals surface area (Å²) in [6, 6.07) is 23.6. The fraction of sp³-hybridized carbons (Fsp3) is 0.136. The molecule has 0 aliphatic heterocycles. The topological polar surface area (TPSA) is 16.1 Å². The molecule has 1 heterocycles. The highest BCUT2D eigenvalue weighted by atomic mass is 15.0. The summed E-state index contributed by atoms with van der Waals surface area (Å²) in [4.78, 5) is 6.98. The van der Waals surface area contributed by atoms with Crippen molar-refractivity contribution in [1.29, 1.82) is 0 Å². The van der Waals surface area contributed by atoms with Crippen LogP contribution in [-0.2, 0) is 6.54 Å². The predicted octanol–water partition coefficient (Wildman–Crippen LogP) is 5.12. The van der Waals surface area contributed by atoms with E-state index in [0.717, 1.165) is 12.2 Å². The molecule has 118 valence electrons. The second-order valence-corrected chi connectivity index (χ2v) is 6.44. The smallest absolute Gasteiger partial charge is 0.0789 e. The van der Waals surface area contributed by atoms with Crippen LogP contribution < -0.4 is 0 Å². The Bertz CT molecular complexity index is 1010. The summed E-state index contributed by atoms with van der Waals surface area (Å²) in [6.45, 7) is 0.894. The van der Waals surface area contributed by atoms with Crippen LogP contribution in [0.3, 0.4) is 0 Å². The van der Waals surface area contributed by atoms with Crippen molar-refractivity contribution in [3.8, 4) is 11.3 Å². The monoisotopic (exact) mass is 312 g/mol. The molecule has 0 amide bonds. The molecule has 0 saturated carbocycles. The molecule has 0 aliphatic rings. The van der Waals surface area contributed by atoms with Crippen molar-refractivity contribution in [2.45, 2.75) is 6.54 Å². The van der Waals surface area contributed by atoms with E-state index in [2.05, 4.69) is 85.7 Å². The number of pyridine rings is 1. The Kier molecular flexibility index (Phi) is 3.75. The van der Waals surface area contributed by atoms with E-state index in [1.165, 1.54) is 32.7 Å². The molecule has 2 nitrogen and oxygen atoms in total. The molecule has 0 bridgehead atoms. The van der Waals surface area contributed by atoms with Crippen LogP contribution in [0, 0.1) is 0 Å². The van der Waals surface area contributed by atoms with Gasteiger partial charge in [0.25, 0.3) is 0 Å². The molecular weight excluding hydrogens is 292 g/mol. The molecule has 3 aromatic carbocycles. The third-order valence-electron chi connectivity index (χ3n) is 4.41. The van der Waals surface area contributed by atoms with Crippen LogP contribution in [0.15, 0.2) is 72.9 Å².